The minimum Gasteiger partial charge on any atom is -0.327 e. The molecule has 0 aromatic carbocycles. The minimum atomic E-state index is 0.559. The molecule has 0 aromatic rings. The van der Waals surface area contributed by atoms with Gasteiger partial charge in [0.1, 0.15) is 0 Å². The van der Waals surface area contributed by atoms with Crippen molar-refractivity contribution in [3.8, 4) is 0 Å². The number of nitrogens with two attached hydrogens (primary N) is 1. The summed E-state index contributed by atoms with van der Waals surface area (Å²) in [7, 11) is 0. The molecule has 1 heteroatoms. The SMILES string of the molecule is CCC1C(N)[C@H]2CC[C@@H]1C2. The van der Waals surface area contributed by atoms with Crippen LogP contribution in [0.15, 0.2) is 0 Å². The maximum absolute atomic E-state index is 6.07. The number of hydrogen-bond acceptors (Lipinski definition) is 1. The third-order valence-electron chi connectivity index (χ3n) is 3.63. The van der Waals surface area contributed by atoms with E-state index in [2.05, 4.69) is 6.92 Å². The van der Waals surface area contributed by atoms with Crippen molar-refractivity contribution in [3.05, 3.63) is 0 Å². The smallest absolute Gasteiger partial charge is 0.00982 e. The van der Waals surface area contributed by atoms with Crippen LogP contribution in [0.5, 0.6) is 0 Å². The van der Waals surface area contributed by atoms with Gasteiger partial charge in [-0.15, -0.1) is 0 Å². The predicted octanol–water partition coefficient (Wildman–Crippen LogP) is 1.77. The van der Waals surface area contributed by atoms with Crippen molar-refractivity contribution in [2.24, 2.45) is 23.5 Å². The van der Waals surface area contributed by atoms with E-state index in [0.717, 1.165) is 17.8 Å². The van der Waals surface area contributed by atoms with Crippen LogP contribution in [0.3, 0.4) is 0 Å². The van der Waals surface area contributed by atoms with Crippen LogP contribution >= 0.6 is 0 Å². The molecule has 0 saturated heterocycles. The van der Waals surface area contributed by atoms with Gasteiger partial charge in [0.25, 0.3) is 0 Å². The third-order valence-corrected chi connectivity index (χ3v) is 3.63. The van der Waals surface area contributed by atoms with Crippen LogP contribution in [0.4, 0.5) is 0 Å². The van der Waals surface area contributed by atoms with Crippen LogP contribution in [0.2, 0.25) is 0 Å². The molecule has 2 aliphatic carbocycles. The summed E-state index contributed by atoms with van der Waals surface area (Å²) < 4.78 is 0. The zero-order chi connectivity index (χ0) is 7.14. The molecule has 0 heterocycles. The highest BCUT2D eigenvalue weighted by atomic mass is 14.7. The van der Waals surface area contributed by atoms with Crippen molar-refractivity contribution in [3.63, 3.8) is 0 Å². The zero-order valence-corrected chi connectivity index (χ0v) is 6.72. The summed E-state index contributed by atoms with van der Waals surface area (Å²) in [4.78, 5) is 0. The Morgan fingerprint density at radius 1 is 1.30 bits per heavy atom. The van der Waals surface area contributed by atoms with E-state index in [4.69, 9.17) is 5.73 Å². The third kappa shape index (κ3) is 0.731. The summed E-state index contributed by atoms with van der Waals surface area (Å²) in [6.07, 6.45) is 5.64. The van der Waals surface area contributed by atoms with E-state index in [1.54, 1.807) is 0 Å². The normalized spacial score (nSPS) is 52.2. The second-order valence-electron chi connectivity index (χ2n) is 3.98. The van der Waals surface area contributed by atoms with E-state index >= 15 is 0 Å². The standard InChI is InChI=1S/C9H17N/c1-2-8-6-3-4-7(5-6)9(8)10/h6-9H,2-5,10H2,1H3/t6-,7+,8?,9?/m1/s1. The van der Waals surface area contributed by atoms with E-state index in [0.29, 0.717) is 6.04 Å². The molecule has 2 unspecified atom stereocenters. The van der Waals surface area contributed by atoms with Crippen LogP contribution < -0.4 is 5.73 Å². The summed E-state index contributed by atoms with van der Waals surface area (Å²) in [5, 5.41) is 0. The Labute approximate surface area is 63.0 Å². The number of hydrogen-bond donors (Lipinski definition) is 1. The lowest BCUT2D eigenvalue weighted by Crippen LogP contribution is -2.35. The second-order valence-corrected chi connectivity index (χ2v) is 3.98. The van der Waals surface area contributed by atoms with E-state index in [9.17, 15) is 0 Å². The van der Waals surface area contributed by atoms with Gasteiger partial charge in [0, 0.05) is 6.04 Å². The highest BCUT2D eigenvalue weighted by Crippen LogP contribution is 2.48. The average molecular weight is 139 g/mol. The minimum absolute atomic E-state index is 0.559. The first-order chi connectivity index (χ1) is 4.83. The lowest BCUT2D eigenvalue weighted by atomic mass is 9.83. The van der Waals surface area contributed by atoms with Gasteiger partial charge in [0.05, 0.1) is 0 Å². The molecule has 0 amide bonds. The summed E-state index contributed by atoms with van der Waals surface area (Å²) >= 11 is 0. The Hall–Kier alpha value is -0.0400. The zero-order valence-electron chi connectivity index (χ0n) is 6.72. The first-order valence-electron chi connectivity index (χ1n) is 4.58. The van der Waals surface area contributed by atoms with Crippen molar-refractivity contribution in [2.45, 2.75) is 38.6 Å². The molecule has 4 atom stereocenters. The lowest BCUT2D eigenvalue weighted by molar-refractivity contribution is 0.281. The maximum atomic E-state index is 6.07. The Morgan fingerprint density at radius 3 is 2.40 bits per heavy atom. The number of fused-ring (bicyclic) bond motifs is 2. The van der Waals surface area contributed by atoms with Gasteiger partial charge < -0.3 is 5.73 Å². The second kappa shape index (κ2) is 2.23. The molecule has 0 aromatic heterocycles. The van der Waals surface area contributed by atoms with Crippen molar-refractivity contribution >= 4 is 0 Å². The molecule has 58 valence electrons. The van der Waals surface area contributed by atoms with Crippen LogP contribution in [0, 0.1) is 17.8 Å². The molecule has 0 radical (unpaired) electrons. The van der Waals surface area contributed by atoms with Crippen LogP contribution in [-0.4, -0.2) is 6.04 Å². The molecule has 2 N–H and O–H groups in total. The molecule has 2 saturated carbocycles. The Morgan fingerprint density at radius 2 is 2.00 bits per heavy atom. The monoisotopic (exact) mass is 139 g/mol. The van der Waals surface area contributed by atoms with Crippen LogP contribution in [-0.2, 0) is 0 Å². The molecule has 2 bridgehead atoms. The van der Waals surface area contributed by atoms with E-state index < -0.39 is 0 Å². The van der Waals surface area contributed by atoms with E-state index in [1.807, 2.05) is 0 Å². The molecule has 2 rings (SSSR count). The molecular weight excluding hydrogens is 122 g/mol. The quantitative estimate of drug-likeness (QED) is 0.588. The Bertz CT molecular complexity index is 131. The fraction of sp³-hybridized carbons (Fsp3) is 1.00. The van der Waals surface area contributed by atoms with Gasteiger partial charge in [-0.3, -0.25) is 0 Å². The molecule has 1 nitrogen and oxygen atoms in total. The van der Waals surface area contributed by atoms with Gasteiger partial charge in [-0.2, -0.15) is 0 Å². The van der Waals surface area contributed by atoms with Crippen molar-refractivity contribution in [2.75, 3.05) is 0 Å². The van der Waals surface area contributed by atoms with Crippen LogP contribution in [0.25, 0.3) is 0 Å². The summed E-state index contributed by atoms with van der Waals surface area (Å²) in [5.74, 6) is 2.78. The number of rotatable bonds is 1. The van der Waals surface area contributed by atoms with E-state index in [1.165, 1.54) is 25.7 Å². The van der Waals surface area contributed by atoms with Gasteiger partial charge in [-0.25, -0.2) is 0 Å². The summed E-state index contributed by atoms with van der Waals surface area (Å²) in [6, 6.07) is 0.559. The van der Waals surface area contributed by atoms with Crippen molar-refractivity contribution in [1.29, 1.82) is 0 Å². The first kappa shape index (κ1) is 6.66. The fourth-order valence-corrected chi connectivity index (χ4v) is 3.06. The average Bonchev–Trinajstić information content (AvgIpc) is 2.46. The highest BCUT2D eigenvalue weighted by molar-refractivity contribution is 4.98. The summed E-state index contributed by atoms with van der Waals surface area (Å²) in [5.41, 5.74) is 6.07. The first-order valence-corrected chi connectivity index (χ1v) is 4.58. The Balaban J connectivity index is 2.10. The van der Waals surface area contributed by atoms with Gasteiger partial charge in [0.2, 0.25) is 0 Å². The van der Waals surface area contributed by atoms with Crippen molar-refractivity contribution in [1.82, 2.24) is 0 Å². The molecule has 2 aliphatic rings. The van der Waals surface area contributed by atoms with Gasteiger partial charge in [0.15, 0.2) is 0 Å². The summed E-state index contributed by atoms with van der Waals surface area (Å²) in [6.45, 7) is 2.28. The highest BCUT2D eigenvalue weighted by Gasteiger charge is 2.44. The molecule has 0 spiro atoms. The predicted molar refractivity (Wildman–Crippen MR) is 42.6 cm³/mol. The molecular formula is C9H17N. The topological polar surface area (TPSA) is 26.0 Å². The molecule has 0 aliphatic heterocycles. The lowest BCUT2D eigenvalue weighted by Gasteiger charge is -2.26. The largest absolute Gasteiger partial charge is 0.327 e. The van der Waals surface area contributed by atoms with Crippen molar-refractivity contribution < 1.29 is 0 Å². The van der Waals surface area contributed by atoms with Crippen LogP contribution in [0.1, 0.15) is 32.6 Å². The van der Waals surface area contributed by atoms with Gasteiger partial charge >= 0.3 is 0 Å². The van der Waals surface area contributed by atoms with E-state index in [-0.39, 0.29) is 0 Å². The Kier molecular flexibility index (Phi) is 1.48. The van der Waals surface area contributed by atoms with Gasteiger partial charge in [-0.05, 0) is 37.0 Å². The molecule has 2 fully saturated rings. The molecule has 10 heavy (non-hydrogen) atoms. The fourth-order valence-electron chi connectivity index (χ4n) is 3.06. The van der Waals surface area contributed by atoms with Gasteiger partial charge in [-0.1, -0.05) is 13.3 Å². The maximum Gasteiger partial charge on any atom is 0.00982 e.